The molecule has 0 aliphatic carbocycles. The van der Waals surface area contributed by atoms with Gasteiger partial charge in [-0.15, -0.1) is 23.1 Å². The van der Waals surface area contributed by atoms with Gasteiger partial charge in [-0.05, 0) is 48.9 Å². The molecule has 214 valence electrons. The normalized spacial score (nSPS) is 11.0. The van der Waals surface area contributed by atoms with Crippen LogP contribution in [0.4, 0.5) is 10.8 Å². The average molecular weight is 605 g/mol. The lowest BCUT2D eigenvalue weighted by Crippen LogP contribution is -2.30. The molecule has 0 saturated carbocycles. The highest BCUT2D eigenvalue weighted by Crippen LogP contribution is 2.30. The van der Waals surface area contributed by atoms with Gasteiger partial charge in [-0.3, -0.25) is 14.4 Å². The van der Waals surface area contributed by atoms with E-state index in [1.54, 1.807) is 48.5 Å². The van der Waals surface area contributed by atoms with Gasteiger partial charge < -0.3 is 16.0 Å². The van der Waals surface area contributed by atoms with Gasteiger partial charge >= 0.3 is 0 Å². The summed E-state index contributed by atoms with van der Waals surface area (Å²) in [5.41, 5.74) is 3.71. The molecule has 0 bridgehead atoms. The van der Waals surface area contributed by atoms with Gasteiger partial charge in [0.15, 0.2) is 5.13 Å². The van der Waals surface area contributed by atoms with Crippen molar-refractivity contribution in [2.24, 2.45) is 0 Å². The third-order valence-corrected chi connectivity index (χ3v) is 8.07. The van der Waals surface area contributed by atoms with Gasteiger partial charge in [0.05, 0.1) is 11.4 Å². The first-order valence-electron chi connectivity index (χ1n) is 13.4. The van der Waals surface area contributed by atoms with E-state index in [9.17, 15) is 14.4 Å². The summed E-state index contributed by atoms with van der Waals surface area (Å²) >= 11 is 2.78. The monoisotopic (exact) mass is 604 g/mol. The Kier molecular flexibility index (Phi) is 9.78. The minimum absolute atomic E-state index is 0.103. The molecule has 0 fully saturated rings. The number of aryl methyl sites for hydroxylation is 1. The lowest BCUT2D eigenvalue weighted by Gasteiger charge is -2.12. The summed E-state index contributed by atoms with van der Waals surface area (Å²) in [7, 11) is 0. The van der Waals surface area contributed by atoms with E-state index in [1.165, 1.54) is 23.1 Å². The Labute approximate surface area is 258 Å². The van der Waals surface area contributed by atoms with Crippen molar-refractivity contribution in [1.82, 2.24) is 10.3 Å². The topological polar surface area (TPSA) is 100 Å². The van der Waals surface area contributed by atoms with Crippen molar-refractivity contribution in [1.29, 1.82) is 0 Å². The molecule has 0 spiro atoms. The maximum absolute atomic E-state index is 13.3. The third kappa shape index (κ3) is 8.28. The summed E-state index contributed by atoms with van der Waals surface area (Å²) in [6.45, 7) is 1.98. The zero-order valence-corrected chi connectivity index (χ0v) is 24.9. The smallest absolute Gasteiger partial charge is 0.272 e. The van der Waals surface area contributed by atoms with Crippen LogP contribution in [0.2, 0.25) is 0 Å². The summed E-state index contributed by atoms with van der Waals surface area (Å²) in [4.78, 5) is 45.3. The molecule has 0 unspecified atom stereocenters. The number of anilines is 2. The molecule has 1 aromatic heterocycles. The lowest BCUT2D eigenvalue weighted by molar-refractivity contribution is -0.114. The molecule has 3 N–H and O–H groups in total. The molecular weight excluding hydrogens is 577 g/mol. The molecule has 9 heteroatoms. The Morgan fingerprint density at radius 2 is 1.49 bits per heavy atom. The summed E-state index contributed by atoms with van der Waals surface area (Å²) in [6, 6.07) is 35.1. The summed E-state index contributed by atoms with van der Waals surface area (Å²) in [5, 5.41) is 9.05. The molecular formula is C34H28N4O3S2. The molecule has 3 amide bonds. The predicted molar refractivity (Wildman–Crippen MR) is 175 cm³/mol. The van der Waals surface area contributed by atoms with E-state index in [1.807, 2.05) is 79.7 Å². The van der Waals surface area contributed by atoms with Crippen LogP contribution in [0.3, 0.4) is 0 Å². The highest BCUT2D eigenvalue weighted by atomic mass is 32.2. The fraction of sp³-hybridized carbons (Fsp3) is 0.0588. The number of benzene rings is 4. The maximum atomic E-state index is 13.3. The fourth-order valence-electron chi connectivity index (χ4n) is 4.14. The largest absolute Gasteiger partial charge is 0.321 e. The van der Waals surface area contributed by atoms with Gasteiger partial charge in [0.25, 0.3) is 11.8 Å². The van der Waals surface area contributed by atoms with Crippen LogP contribution in [0.5, 0.6) is 0 Å². The number of amides is 3. The van der Waals surface area contributed by atoms with E-state index < -0.39 is 5.91 Å². The Hall–Kier alpha value is -4.99. The summed E-state index contributed by atoms with van der Waals surface area (Å²) in [6.07, 6.45) is 1.63. The van der Waals surface area contributed by atoms with E-state index in [0.717, 1.165) is 26.6 Å². The zero-order chi connectivity index (χ0) is 30.0. The quantitative estimate of drug-likeness (QED) is 0.115. The van der Waals surface area contributed by atoms with E-state index in [-0.39, 0.29) is 23.3 Å². The van der Waals surface area contributed by atoms with E-state index in [2.05, 4.69) is 20.9 Å². The second kappa shape index (κ2) is 14.3. The first kappa shape index (κ1) is 29.5. The molecule has 1 heterocycles. The second-order valence-corrected chi connectivity index (χ2v) is 11.6. The van der Waals surface area contributed by atoms with Crippen molar-refractivity contribution in [3.05, 3.63) is 137 Å². The Bertz CT molecular complexity index is 1750. The van der Waals surface area contributed by atoms with Crippen LogP contribution in [0.15, 0.2) is 126 Å². The van der Waals surface area contributed by atoms with Crippen LogP contribution in [-0.4, -0.2) is 28.5 Å². The van der Waals surface area contributed by atoms with Gasteiger partial charge in [0.1, 0.15) is 5.70 Å². The van der Waals surface area contributed by atoms with Crippen molar-refractivity contribution in [2.45, 2.75) is 11.8 Å². The van der Waals surface area contributed by atoms with Crippen molar-refractivity contribution in [3.8, 4) is 11.3 Å². The maximum Gasteiger partial charge on any atom is 0.272 e. The number of aromatic nitrogens is 1. The first-order chi connectivity index (χ1) is 20.9. The van der Waals surface area contributed by atoms with Crippen LogP contribution < -0.4 is 16.0 Å². The number of rotatable bonds is 10. The molecule has 0 radical (unpaired) electrons. The van der Waals surface area contributed by atoms with Gasteiger partial charge in [-0.25, -0.2) is 4.98 Å². The standard InChI is InChI=1S/C34H28N4O3S2/c1-23-31(25-14-7-3-8-15-25)38-34(43-23)37-30(39)22-42-28-19-11-18-27(21-28)35-33(41)29(20-24-12-5-2-6-13-24)36-32(40)26-16-9-4-10-17-26/h2-21H,22H2,1H3,(H,35,41)(H,36,40)(H,37,38,39)/b29-20-. The molecule has 4 aromatic carbocycles. The average Bonchev–Trinajstić information content (AvgIpc) is 3.40. The SMILES string of the molecule is Cc1sc(NC(=O)CSc2cccc(NC(=O)/C(=C/c3ccccc3)NC(=O)c3ccccc3)c2)nc1-c1ccccc1. The number of hydrogen-bond acceptors (Lipinski definition) is 6. The van der Waals surface area contributed by atoms with Crippen LogP contribution in [-0.2, 0) is 9.59 Å². The van der Waals surface area contributed by atoms with Crippen LogP contribution in [0, 0.1) is 6.92 Å². The van der Waals surface area contributed by atoms with Gasteiger partial charge in [-0.2, -0.15) is 0 Å². The first-order valence-corrected chi connectivity index (χ1v) is 15.2. The second-order valence-electron chi connectivity index (χ2n) is 9.40. The number of nitrogens with one attached hydrogen (secondary N) is 3. The van der Waals surface area contributed by atoms with E-state index in [4.69, 9.17) is 0 Å². The highest BCUT2D eigenvalue weighted by molar-refractivity contribution is 8.00. The van der Waals surface area contributed by atoms with Gasteiger partial charge in [0.2, 0.25) is 5.91 Å². The summed E-state index contributed by atoms with van der Waals surface area (Å²) in [5.74, 6) is -0.867. The molecule has 5 aromatic rings. The van der Waals surface area contributed by atoms with Gasteiger partial charge in [-0.1, -0.05) is 84.9 Å². The predicted octanol–water partition coefficient (Wildman–Crippen LogP) is 7.26. The van der Waals surface area contributed by atoms with Crippen LogP contribution in [0.1, 0.15) is 20.8 Å². The van der Waals surface area contributed by atoms with Crippen LogP contribution in [0.25, 0.3) is 17.3 Å². The minimum Gasteiger partial charge on any atom is -0.321 e. The number of thiazole rings is 1. The molecule has 5 rings (SSSR count). The zero-order valence-electron chi connectivity index (χ0n) is 23.2. The van der Waals surface area contributed by atoms with Crippen molar-refractivity contribution < 1.29 is 14.4 Å². The van der Waals surface area contributed by atoms with Crippen LogP contribution >= 0.6 is 23.1 Å². The molecule has 0 atom stereocenters. The molecule has 0 aliphatic heterocycles. The number of carbonyl (C=O) groups is 3. The Morgan fingerprint density at radius 1 is 0.814 bits per heavy atom. The fourth-order valence-corrected chi connectivity index (χ4v) is 5.75. The van der Waals surface area contributed by atoms with Crippen molar-refractivity contribution >= 4 is 57.7 Å². The Morgan fingerprint density at radius 3 is 2.21 bits per heavy atom. The number of carbonyl (C=O) groups excluding carboxylic acids is 3. The number of nitrogens with zero attached hydrogens (tertiary/aromatic N) is 1. The summed E-state index contributed by atoms with van der Waals surface area (Å²) < 4.78 is 0. The molecule has 0 saturated heterocycles. The third-order valence-electron chi connectivity index (χ3n) is 6.19. The minimum atomic E-state index is -0.471. The molecule has 43 heavy (non-hydrogen) atoms. The lowest BCUT2D eigenvalue weighted by atomic mass is 10.1. The number of thioether (sulfide) groups is 1. The van der Waals surface area contributed by atoms with E-state index >= 15 is 0 Å². The molecule has 7 nitrogen and oxygen atoms in total. The molecule has 0 aliphatic rings. The highest BCUT2D eigenvalue weighted by Gasteiger charge is 2.16. The van der Waals surface area contributed by atoms with E-state index in [0.29, 0.717) is 16.4 Å². The number of hydrogen-bond donors (Lipinski definition) is 3. The van der Waals surface area contributed by atoms with Gasteiger partial charge in [0, 0.05) is 26.6 Å². The van der Waals surface area contributed by atoms with Crippen molar-refractivity contribution in [2.75, 3.05) is 16.4 Å². The Balaban J connectivity index is 1.22. The van der Waals surface area contributed by atoms with Crippen molar-refractivity contribution in [3.63, 3.8) is 0 Å².